The van der Waals surface area contributed by atoms with E-state index in [1.807, 2.05) is 30.3 Å². The molecular weight excluding hydrogens is 525 g/mol. The van der Waals surface area contributed by atoms with Crippen LogP contribution in [0.2, 0.25) is 0 Å². The van der Waals surface area contributed by atoms with E-state index < -0.39 is 23.6 Å². The molecule has 0 atom stereocenters. The van der Waals surface area contributed by atoms with Crippen molar-refractivity contribution < 1.29 is 27.5 Å². The molecule has 0 aromatic heterocycles. The second kappa shape index (κ2) is 10.5. The summed E-state index contributed by atoms with van der Waals surface area (Å²) in [5.74, 6) is 0.00861. The summed E-state index contributed by atoms with van der Waals surface area (Å²) in [6, 6.07) is 27.5. The molecule has 1 aliphatic heterocycles. The zero-order valence-corrected chi connectivity index (χ0v) is 20.9. The number of hydrogen-bond donors (Lipinski definition) is 1. The van der Waals surface area contributed by atoms with Gasteiger partial charge in [-0.25, -0.2) is 0 Å². The molecule has 4 aromatic rings. The maximum atomic E-state index is 13.3. The molecule has 0 aliphatic carbocycles. The Morgan fingerprint density at radius 1 is 0.744 bits per heavy atom. The second-order valence-electron chi connectivity index (χ2n) is 8.56. The summed E-state index contributed by atoms with van der Waals surface area (Å²) >= 11 is 5.27. The summed E-state index contributed by atoms with van der Waals surface area (Å²) in [6.07, 6.45) is -2.97. The lowest BCUT2D eigenvalue weighted by Gasteiger charge is -2.29. The number of rotatable bonds is 5. The van der Waals surface area contributed by atoms with Gasteiger partial charge >= 0.3 is 6.18 Å². The molecule has 5 rings (SSSR count). The van der Waals surface area contributed by atoms with Crippen LogP contribution in [0.3, 0.4) is 0 Å². The van der Waals surface area contributed by atoms with Crippen LogP contribution in [-0.4, -0.2) is 16.9 Å². The number of hydrogen-bond acceptors (Lipinski definition) is 4. The summed E-state index contributed by atoms with van der Waals surface area (Å²) in [5.41, 5.74) is 1.46. The maximum absolute atomic E-state index is 13.3. The van der Waals surface area contributed by atoms with Crippen LogP contribution in [0.25, 0.3) is 17.2 Å². The highest BCUT2D eigenvalue weighted by Crippen LogP contribution is 2.31. The molecule has 39 heavy (non-hydrogen) atoms. The van der Waals surface area contributed by atoms with Crippen LogP contribution < -0.4 is 15.0 Å². The van der Waals surface area contributed by atoms with Gasteiger partial charge < -0.3 is 4.74 Å². The van der Waals surface area contributed by atoms with Crippen molar-refractivity contribution in [1.82, 2.24) is 5.32 Å². The number of thiocarbonyl (C=S) groups is 1. The molecule has 1 N–H and O–H groups in total. The Morgan fingerprint density at radius 3 is 1.90 bits per heavy atom. The number of nitrogens with one attached hydrogen (secondary N) is 1. The lowest BCUT2D eigenvalue weighted by Crippen LogP contribution is -2.54. The molecule has 5 nitrogen and oxygen atoms in total. The Labute approximate surface area is 227 Å². The number of para-hydroxylation sites is 1. The van der Waals surface area contributed by atoms with Gasteiger partial charge in [0, 0.05) is 0 Å². The van der Waals surface area contributed by atoms with E-state index >= 15 is 0 Å². The third kappa shape index (κ3) is 5.73. The fraction of sp³-hybridized carbons (Fsp3) is 0.0333. The molecule has 9 heteroatoms. The Balaban J connectivity index is 1.35. The third-order valence-electron chi connectivity index (χ3n) is 5.94. The summed E-state index contributed by atoms with van der Waals surface area (Å²) in [6.45, 7) is 0. The minimum absolute atomic E-state index is 0.0449. The van der Waals surface area contributed by atoms with Crippen LogP contribution in [0.4, 0.5) is 18.9 Å². The van der Waals surface area contributed by atoms with Gasteiger partial charge in [-0.15, -0.1) is 0 Å². The second-order valence-corrected chi connectivity index (χ2v) is 8.95. The minimum atomic E-state index is -4.41. The Morgan fingerprint density at radius 2 is 1.31 bits per heavy atom. The Bertz CT molecular complexity index is 1570. The lowest BCUT2D eigenvalue weighted by atomic mass is 10.0. The van der Waals surface area contributed by atoms with Crippen LogP contribution in [0.1, 0.15) is 11.1 Å². The van der Waals surface area contributed by atoms with Crippen molar-refractivity contribution >= 4 is 40.9 Å². The fourth-order valence-corrected chi connectivity index (χ4v) is 4.25. The Hall–Kier alpha value is -4.76. The first-order valence-corrected chi connectivity index (χ1v) is 12.1. The largest absolute Gasteiger partial charge is 0.457 e. The van der Waals surface area contributed by atoms with Crippen molar-refractivity contribution in [3.05, 3.63) is 120 Å². The molecule has 1 saturated heterocycles. The molecular formula is C30H19F3N2O3S. The minimum Gasteiger partial charge on any atom is -0.457 e. The van der Waals surface area contributed by atoms with Crippen LogP contribution in [0, 0.1) is 0 Å². The molecule has 194 valence electrons. The van der Waals surface area contributed by atoms with Crippen LogP contribution in [-0.2, 0) is 15.8 Å². The van der Waals surface area contributed by atoms with E-state index in [2.05, 4.69) is 5.32 Å². The number of benzene rings is 4. The highest BCUT2D eigenvalue weighted by Gasteiger charge is 2.34. The SMILES string of the molecule is O=C1NC(=S)N(c2ccc(Oc3ccccc3)cc2)C(=O)C1=Cc1ccc(-c2ccc(C(F)(F)F)cc2)cc1. The topological polar surface area (TPSA) is 58.6 Å². The van der Waals surface area contributed by atoms with Crippen LogP contribution in [0.5, 0.6) is 11.5 Å². The van der Waals surface area contributed by atoms with Crippen molar-refractivity contribution in [2.45, 2.75) is 6.18 Å². The quantitative estimate of drug-likeness (QED) is 0.167. The predicted octanol–water partition coefficient (Wildman–Crippen LogP) is 7.00. The van der Waals surface area contributed by atoms with E-state index in [1.54, 1.807) is 48.5 Å². The number of nitrogens with zero attached hydrogens (tertiary/aromatic N) is 1. The molecule has 1 aliphatic rings. The predicted molar refractivity (Wildman–Crippen MR) is 146 cm³/mol. The summed E-state index contributed by atoms with van der Waals surface area (Å²) in [5, 5.41) is 2.50. The van der Waals surface area contributed by atoms with Gasteiger partial charge in [-0.3, -0.25) is 19.8 Å². The Kier molecular flexibility index (Phi) is 7.00. The molecule has 0 unspecified atom stereocenters. The molecule has 0 radical (unpaired) electrons. The third-order valence-corrected chi connectivity index (χ3v) is 6.23. The van der Waals surface area contributed by atoms with Crippen molar-refractivity contribution in [2.24, 2.45) is 0 Å². The van der Waals surface area contributed by atoms with Crippen molar-refractivity contribution in [1.29, 1.82) is 0 Å². The zero-order valence-electron chi connectivity index (χ0n) is 20.1. The molecule has 0 saturated carbocycles. The maximum Gasteiger partial charge on any atom is 0.416 e. The van der Waals surface area contributed by atoms with Gasteiger partial charge in [-0.05, 0) is 83.5 Å². The van der Waals surface area contributed by atoms with E-state index in [-0.39, 0.29) is 10.7 Å². The number of ether oxygens (including phenoxy) is 1. The highest BCUT2D eigenvalue weighted by atomic mass is 32.1. The van der Waals surface area contributed by atoms with Gasteiger partial charge in [-0.2, -0.15) is 13.2 Å². The van der Waals surface area contributed by atoms with Crippen LogP contribution >= 0.6 is 12.2 Å². The van der Waals surface area contributed by atoms with Crippen LogP contribution in [0.15, 0.2) is 109 Å². The van der Waals surface area contributed by atoms with Gasteiger partial charge in [0.05, 0.1) is 11.3 Å². The number of carbonyl (C=O) groups is 2. The summed E-state index contributed by atoms with van der Waals surface area (Å²) in [4.78, 5) is 27.2. The number of amides is 2. The first-order valence-electron chi connectivity index (χ1n) is 11.7. The highest BCUT2D eigenvalue weighted by molar-refractivity contribution is 7.80. The number of carbonyl (C=O) groups excluding carboxylic acids is 2. The van der Waals surface area contributed by atoms with Gasteiger partial charge in [0.25, 0.3) is 11.8 Å². The number of halogens is 3. The van der Waals surface area contributed by atoms with Crippen molar-refractivity contribution in [3.8, 4) is 22.6 Å². The average molecular weight is 545 g/mol. The average Bonchev–Trinajstić information content (AvgIpc) is 2.92. The number of anilines is 1. The van der Waals surface area contributed by atoms with E-state index in [0.29, 0.717) is 33.9 Å². The molecule has 2 amide bonds. The van der Waals surface area contributed by atoms with E-state index in [4.69, 9.17) is 17.0 Å². The van der Waals surface area contributed by atoms with E-state index in [1.165, 1.54) is 23.1 Å². The van der Waals surface area contributed by atoms with E-state index in [9.17, 15) is 22.8 Å². The van der Waals surface area contributed by atoms with Gasteiger partial charge in [0.1, 0.15) is 17.1 Å². The van der Waals surface area contributed by atoms with Crippen molar-refractivity contribution in [3.63, 3.8) is 0 Å². The first-order chi connectivity index (χ1) is 18.7. The molecule has 4 aromatic carbocycles. The zero-order chi connectivity index (χ0) is 27.6. The number of alkyl halides is 3. The lowest BCUT2D eigenvalue weighted by molar-refractivity contribution is -0.137. The van der Waals surface area contributed by atoms with Crippen molar-refractivity contribution in [2.75, 3.05) is 4.90 Å². The monoisotopic (exact) mass is 544 g/mol. The summed E-state index contributed by atoms with van der Waals surface area (Å²) in [7, 11) is 0. The molecule has 0 spiro atoms. The molecule has 0 bridgehead atoms. The fourth-order valence-electron chi connectivity index (χ4n) is 3.97. The normalized spacial score (nSPS) is 14.9. The van der Waals surface area contributed by atoms with Gasteiger partial charge in [0.15, 0.2) is 5.11 Å². The van der Waals surface area contributed by atoms with E-state index in [0.717, 1.165) is 12.1 Å². The summed E-state index contributed by atoms with van der Waals surface area (Å²) < 4.78 is 44.3. The molecule has 1 heterocycles. The van der Waals surface area contributed by atoms with Gasteiger partial charge in [0.2, 0.25) is 0 Å². The smallest absolute Gasteiger partial charge is 0.416 e. The first kappa shape index (κ1) is 25.9. The standard InChI is InChI=1S/C30H19F3N2O3S/c31-30(32,33)22-12-10-21(11-13-22)20-8-6-19(7-9-20)18-26-27(36)34-29(39)35(28(26)37)23-14-16-25(17-15-23)38-24-4-2-1-3-5-24/h1-18H,(H,34,36,39). The molecule has 1 fully saturated rings. The van der Waals surface area contributed by atoms with Gasteiger partial charge in [-0.1, -0.05) is 54.6 Å².